The van der Waals surface area contributed by atoms with Crippen LogP contribution in [0.5, 0.6) is 0 Å². The minimum Gasteiger partial charge on any atom is -0.338 e. The molecular formula is C22H19ClF3N3O2S2. The highest BCUT2D eigenvalue weighted by Gasteiger charge is 2.39. The van der Waals surface area contributed by atoms with Crippen LogP contribution in [-0.4, -0.2) is 52.8 Å². The highest BCUT2D eigenvalue weighted by Crippen LogP contribution is 2.40. The third-order valence-electron chi connectivity index (χ3n) is 6.49. The summed E-state index contributed by atoms with van der Waals surface area (Å²) in [5.74, 6) is 0.578. The predicted molar refractivity (Wildman–Crippen MR) is 122 cm³/mol. The van der Waals surface area contributed by atoms with E-state index in [-0.39, 0.29) is 21.7 Å². The van der Waals surface area contributed by atoms with Gasteiger partial charge in [0.2, 0.25) is 0 Å². The van der Waals surface area contributed by atoms with E-state index < -0.39 is 11.7 Å². The number of hydrogen-bond acceptors (Lipinski definition) is 5. The summed E-state index contributed by atoms with van der Waals surface area (Å²) in [5, 5.41) is 2.43. The Morgan fingerprint density at radius 1 is 1.06 bits per heavy atom. The van der Waals surface area contributed by atoms with E-state index in [4.69, 9.17) is 11.6 Å². The maximum absolute atomic E-state index is 13.1. The van der Waals surface area contributed by atoms with Gasteiger partial charge in [0.05, 0.1) is 16.1 Å². The number of benzene rings is 1. The number of alkyl halides is 3. The zero-order valence-electron chi connectivity index (χ0n) is 17.3. The summed E-state index contributed by atoms with van der Waals surface area (Å²) in [4.78, 5) is 33.3. The molecule has 0 radical (unpaired) electrons. The van der Waals surface area contributed by atoms with Crippen LogP contribution in [0.4, 0.5) is 13.2 Å². The molecule has 2 amide bonds. The number of aromatic nitrogens is 1. The van der Waals surface area contributed by atoms with Crippen molar-refractivity contribution >= 4 is 56.2 Å². The Hall–Kier alpha value is -2.17. The lowest BCUT2D eigenvalue weighted by Crippen LogP contribution is -2.54. The van der Waals surface area contributed by atoms with Crippen molar-refractivity contribution in [3.05, 3.63) is 50.2 Å². The third-order valence-corrected chi connectivity index (χ3v) is 8.72. The van der Waals surface area contributed by atoms with E-state index in [2.05, 4.69) is 4.98 Å². The second kappa shape index (κ2) is 8.56. The molecule has 2 saturated heterocycles. The van der Waals surface area contributed by atoms with Gasteiger partial charge in [-0.15, -0.1) is 22.7 Å². The van der Waals surface area contributed by atoms with Crippen molar-refractivity contribution in [2.45, 2.75) is 19.0 Å². The van der Waals surface area contributed by atoms with Gasteiger partial charge in [0.25, 0.3) is 11.8 Å². The summed E-state index contributed by atoms with van der Waals surface area (Å²) >= 11 is 8.78. The Morgan fingerprint density at radius 3 is 2.42 bits per heavy atom. The van der Waals surface area contributed by atoms with Crippen molar-refractivity contribution in [3.63, 3.8) is 0 Å². The topological polar surface area (TPSA) is 53.5 Å². The van der Waals surface area contributed by atoms with Gasteiger partial charge in [0.15, 0.2) is 0 Å². The molecule has 0 spiro atoms. The molecule has 11 heteroatoms. The molecule has 4 heterocycles. The first-order valence-electron chi connectivity index (χ1n) is 10.5. The lowest BCUT2D eigenvalue weighted by atomic mass is 9.79. The third kappa shape index (κ3) is 4.24. The molecule has 0 N–H and O–H groups in total. The van der Waals surface area contributed by atoms with Crippen molar-refractivity contribution in [2.24, 2.45) is 11.8 Å². The van der Waals surface area contributed by atoms with Crippen molar-refractivity contribution in [1.29, 1.82) is 0 Å². The molecule has 5 rings (SSSR count). The Morgan fingerprint density at radius 2 is 1.79 bits per heavy atom. The van der Waals surface area contributed by atoms with Gasteiger partial charge in [0.1, 0.15) is 10.6 Å². The average Bonchev–Trinajstić information content (AvgIpc) is 3.40. The quantitative estimate of drug-likeness (QED) is 0.454. The lowest BCUT2D eigenvalue weighted by molar-refractivity contribution is -0.137. The van der Waals surface area contributed by atoms with Crippen LogP contribution in [0.2, 0.25) is 5.02 Å². The first kappa shape index (κ1) is 22.6. The van der Waals surface area contributed by atoms with E-state index in [1.54, 1.807) is 15.8 Å². The normalized spacial score (nSPS) is 18.1. The van der Waals surface area contributed by atoms with Gasteiger partial charge in [0, 0.05) is 41.6 Å². The minimum atomic E-state index is -4.45. The number of carbonyl (C=O) groups is 2. The van der Waals surface area contributed by atoms with Crippen LogP contribution in [0, 0.1) is 11.8 Å². The van der Waals surface area contributed by atoms with Gasteiger partial charge in [-0.1, -0.05) is 17.7 Å². The van der Waals surface area contributed by atoms with E-state index >= 15 is 0 Å². The fourth-order valence-corrected chi connectivity index (χ4v) is 6.60. The molecule has 5 nitrogen and oxygen atoms in total. The molecule has 2 aliphatic rings. The Balaban J connectivity index is 1.20. The van der Waals surface area contributed by atoms with Crippen LogP contribution >= 0.6 is 34.3 Å². The lowest BCUT2D eigenvalue weighted by Gasteiger charge is -2.45. The number of hydrogen-bond donors (Lipinski definition) is 0. The fraction of sp³-hybridized carbons (Fsp3) is 0.409. The number of thiazole rings is 1. The summed E-state index contributed by atoms with van der Waals surface area (Å²) in [6, 6.07) is 3.36. The van der Waals surface area contributed by atoms with Crippen molar-refractivity contribution < 1.29 is 22.8 Å². The first-order chi connectivity index (χ1) is 15.7. The monoisotopic (exact) mass is 513 g/mol. The van der Waals surface area contributed by atoms with Gasteiger partial charge in [-0.25, -0.2) is 4.98 Å². The first-order valence-corrected chi connectivity index (χ1v) is 12.6. The molecule has 0 unspecified atom stereocenters. The second-order valence-electron chi connectivity index (χ2n) is 8.43. The summed E-state index contributed by atoms with van der Waals surface area (Å²) in [6.07, 6.45) is -2.79. The molecule has 1 aromatic carbocycles. The number of thiophene rings is 1. The van der Waals surface area contributed by atoms with Gasteiger partial charge >= 0.3 is 6.18 Å². The number of piperidine rings is 1. The number of nitrogens with zero attached hydrogens (tertiary/aromatic N) is 3. The summed E-state index contributed by atoms with van der Waals surface area (Å²) in [6.45, 7) is 2.55. The van der Waals surface area contributed by atoms with Crippen LogP contribution in [0.25, 0.3) is 10.1 Å². The van der Waals surface area contributed by atoms with Crippen LogP contribution in [0.15, 0.2) is 29.1 Å². The van der Waals surface area contributed by atoms with Gasteiger partial charge < -0.3 is 9.80 Å². The van der Waals surface area contributed by atoms with Crippen molar-refractivity contribution in [2.75, 3.05) is 26.2 Å². The summed E-state index contributed by atoms with van der Waals surface area (Å²) < 4.78 is 39.4. The van der Waals surface area contributed by atoms with E-state index in [1.165, 1.54) is 17.4 Å². The molecule has 0 bridgehead atoms. The SMILES string of the molecule is O=C(c1cscn1)N1CC(C2CCN(C(=O)c3sc4cc(C(F)(F)F)ccc4c3Cl)CC2)C1. The molecule has 2 fully saturated rings. The second-order valence-corrected chi connectivity index (χ2v) is 10.6. The van der Waals surface area contributed by atoms with Gasteiger partial charge in [-0.05, 0) is 36.8 Å². The number of amides is 2. The largest absolute Gasteiger partial charge is 0.416 e. The van der Waals surface area contributed by atoms with Crippen molar-refractivity contribution in [3.8, 4) is 0 Å². The fourth-order valence-electron chi connectivity index (χ4n) is 4.55. The average molecular weight is 514 g/mol. The summed E-state index contributed by atoms with van der Waals surface area (Å²) in [5.41, 5.74) is 1.38. The molecule has 0 atom stereocenters. The van der Waals surface area contributed by atoms with E-state index in [1.807, 2.05) is 4.90 Å². The Bertz CT molecular complexity index is 1200. The zero-order chi connectivity index (χ0) is 23.3. The van der Waals surface area contributed by atoms with Gasteiger partial charge in [-0.3, -0.25) is 9.59 Å². The molecule has 3 aromatic rings. The number of likely N-dealkylation sites (tertiary alicyclic amines) is 2. The highest BCUT2D eigenvalue weighted by atomic mass is 35.5. The Kier molecular flexibility index (Phi) is 5.86. The van der Waals surface area contributed by atoms with Crippen molar-refractivity contribution in [1.82, 2.24) is 14.8 Å². The smallest absolute Gasteiger partial charge is 0.338 e. The van der Waals surface area contributed by atoms with Crippen LogP contribution in [0.1, 0.15) is 38.6 Å². The summed E-state index contributed by atoms with van der Waals surface area (Å²) in [7, 11) is 0. The Labute approximate surface area is 200 Å². The van der Waals surface area contributed by atoms with Crippen LogP contribution < -0.4 is 0 Å². The van der Waals surface area contributed by atoms with Gasteiger partial charge in [-0.2, -0.15) is 13.2 Å². The molecule has 33 heavy (non-hydrogen) atoms. The molecule has 174 valence electrons. The van der Waals surface area contributed by atoms with Crippen LogP contribution in [-0.2, 0) is 6.18 Å². The molecular weight excluding hydrogens is 495 g/mol. The standard InChI is InChI=1S/C22H19ClF3N3O2S2/c23-18-15-2-1-14(22(24,25)26)7-17(15)33-19(18)21(31)28-5-3-12(4-6-28)13-8-29(9-13)20(30)16-10-32-11-27-16/h1-2,7,10-13H,3-6,8-9H2. The molecule has 2 aliphatic heterocycles. The number of carbonyl (C=O) groups excluding carboxylic acids is 2. The zero-order valence-corrected chi connectivity index (χ0v) is 19.7. The number of rotatable bonds is 3. The van der Waals surface area contributed by atoms with E-state index in [0.717, 1.165) is 36.3 Å². The van der Waals surface area contributed by atoms with E-state index in [0.29, 0.717) is 53.8 Å². The number of fused-ring (bicyclic) bond motifs is 1. The maximum Gasteiger partial charge on any atom is 0.416 e. The predicted octanol–water partition coefficient (Wildman–Crippen LogP) is 5.65. The molecule has 0 saturated carbocycles. The maximum atomic E-state index is 13.1. The number of halogens is 4. The molecule has 2 aromatic heterocycles. The molecule has 0 aliphatic carbocycles. The van der Waals surface area contributed by atoms with E-state index in [9.17, 15) is 22.8 Å². The minimum absolute atomic E-state index is 0.0341. The van der Waals surface area contributed by atoms with Crippen LogP contribution in [0.3, 0.4) is 0 Å². The highest BCUT2D eigenvalue weighted by molar-refractivity contribution is 7.21.